The van der Waals surface area contributed by atoms with Crippen molar-refractivity contribution in [3.63, 3.8) is 0 Å². The van der Waals surface area contributed by atoms with E-state index in [1.807, 2.05) is 0 Å². The summed E-state index contributed by atoms with van der Waals surface area (Å²) in [5, 5.41) is 10.6. The van der Waals surface area contributed by atoms with Crippen LogP contribution in [-0.2, 0) is 6.54 Å². The van der Waals surface area contributed by atoms with Gasteiger partial charge in [-0.3, -0.25) is 10.1 Å². The number of halogens is 1. The third kappa shape index (κ3) is 1.80. The highest BCUT2D eigenvalue weighted by Crippen LogP contribution is 2.31. The number of nitrogens with two attached hydrogens (primary N) is 1. The minimum atomic E-state index is -0.638. The van der Waals surface area contributed by atoms with E-state index in [4.69, 9.17) is 10.5 Å². The highest BCUT2D eigenvalue weighted by atomic mass is 19.1. The molecule has 0 aliphatic heterocycles. The molecule has 1 aromatic carbocycles. The molecule has 0 amide bonds. The number of hydrogen-bond donors (Lipinski definition) is 1. The van der Waals surface area contributed by atoms with E-state index in [1.54, 1.807) is 0 Å². The molecule has 0 aromatic heterocycles. The summed E-state index contributed by atoms with van der Waals surface area (Å²) in [4.78, 5) is 9.98. The number of rotatable bonds is 3. The predicted octanol–water partition coefficient (Wildman–Crippen LogP) is 1.20. The number of benzene rings is 1. The minimum absolute atomic E-state index is 0.107. The Morgan fingerprint density at radius 3 is 2.71 bits per heavy atom. The van der Waals surface area contributed by atoms with Crippen molar-refractivity contribution in [2.45, 2.75) is 6.54 Å². The SMILES string of the molecule is COc1cc(F)cc(CN)c1[N+](=O)[O-]. The zero-order valence-electron chi connectivity index (χ0n) is 7.49. The molecule has 0 atom stereocenters. The van der Waals surface area contributed by atoms with Gasteiger partial charge in [-0.15, -0.1) is 0 Å². The van der Waals surface area contributed by atoms with Gasteiger partial charge in [-0.05, 0) is 6.07 Å². The summed E-state index contributed by atoms with van der Waals surface area (Å²) in [6.45, 7) is -0.107. The first-order valence-corrected chi connectivity index (χ1v) is 3.81. The molecule has 0 saturated carbocycles. The predicted molar refractivity (Wildman–Crippen MR) is 47.5 cm³/mol. The number of hydrogen-bond acceptors (Lipinski definition) is 4. The smallest absolute Gasteiger partial charge is 0.315 e. The van der Waals surface area contributed by atoms with Crippen LogP contribution in [-0.4, -0.2) is 12.0 Å². The first-order chi connectivity index (χ1) is 6.60. The molecule has 1 rings (SSSR count). The fourth-order valence-corrected chi connectivity index (χ4v) is 1.15. The topological polar surface area (TPSA) is 78.4 Å². The van der Waals surface area contributed by atoms with Gasteiger partial charge in [-0.1, -0.05) is 0 Å². The summed E-state index contributed by atoms with van der Waals surface area (Å²) in [6.07, 6.45) is 0. The van der Waals surface area contributed by atoms with Crippen LogP contribution in [0.4, 0.5) is 10.1 Å². The van der Waals surface area contributed by atoms with E-state index in [0.717, 1.165) is 12.1 Å². The van der Waals surface area contributed by atoms with Gasteiger partial charge in [-0.2, -0.15) is 0 Å². The molecule has 76 valence electrons. The van der Waals surface area contributed by atoms with Gasteiger partial charge in [0.2, 0.25) is 0 Å². The highest BCUT2D eigenvalue weighted by molar-refractivity contribution is 5.53. The number of nitro groups is 1. The summed E-state index contributed by atoms with van der Waals surface area (Å²) in [6, 6.07) is 1.98. The van der Waals surface area contributed by atoms with Crippen LogP contribution in [0.5, 0.6) is 5.75 Å². The van der Waals surface area contributed by atoms with Crippen LogP contribution in [0.15, 0.2) is 12.1 Å². The lowest BCUT2D eigenvalue weighted by Crippen LogP contribution is -2.04. The maximum absolute atomic E-state index is 12.9. The molecule has 0 saturated heterocycles. The first-order valence-electron chi connectivity index (χ1n) is 3.81. The molecule has 0 fully saturated rings. The Labute approximate surface area is 79.4 Å². The van der Waals surface area contributed by atoms with Gasteiger partial charge in [0.1, 0.15) is 5.82 Å². The van der Waals surface area contributed by atoms with Crippen LogP contribution in [0.2, 0.25) is 0 Å². The zero-order chi connectivity index (χ0) is 10.7. The minimum Gasteiger partial charge on any atom is -0.490 e. The van der Waals surface area contributed by atoms with Crippen molar-refractivity contribution < 1.29 is 14.1 Å². The average molecular weight is 200 g/mol. The lowest BCUT2D eigenvalue weighted by molar-refractivity contribution is -0.386. The maximum atomic E-state index is 12.9. The Balaban J connectivity index is 3.40. The van der Waals surface area contributed by atoms with Gasteiger partial charge in [0.05, 0.1) is 17.6 Å². The van der Waals surface area contributed by atoms with Crippen molar-refractivity contribution in [1.29, 1.82) is 0 Å². The summed E-state index contributed by atoms with van der Waals surface area (Å²) in [5.41, 5.74) is 5.09. The van der Waals surface area contributed by atoms with Gasteiger partial charge < -0.3 is 10.5 Å². The van der Waals surface area contributed by atoms with Crippen LogP contribution in [0.1, 0.15) is 5.56 Å². The highest BCUT2D eigenvalue weighted by Gasteiger charge is 2.21. The molecule has 0 heterocycles. The number of nitro benzene ring substituents is 1. The van der Waals surface area contributed by atoms with Crippen molar-refractivity contribution >= 4 is 5.69 Å². The van der Waals surface area contributed by atoms with Crippen LogP contribution in [0.25, 0.3) is 0 Å². The molecule has 14 heavy (non-hydrogen) atoms. The van der Waals surface area contributed by atoms with Gasteiger partial charge >= 0.3 is 5.69 Å². The molecule has 0 radical (unpaired) electrons. The largest absolute Gasteiger partial charge is 0.490 e. The molecule has 0 spiro atoms. The maximum Gasteiger partial charge on any atom is 0.315 e. The molecular weight excluding hydrogens is 191 g/mol. The Bertz CT molecular complexity index is 343. The summed E-state index contributed by atoms with van der Waals surface area (Å²) in [7, 11) is 1.24. The van der Waals surface area contributed by atoms with E-state index in [2.05, 4.69) is 0 Å². The molecule has 0 bridgehead atoms. The Kier molecular flexibility index (Phi) is 2.98. The van der Waals surface area contributed by atoms with Crippen molar-refractivity contribution in [2.75, 3.05) is 7.11 Å². The van der Waals surface area contributed by atoms with Crippen molar-refractivity contribution in [1.82, 2.24) is 0 Å². The fraction of sp³-hybridized carbons (Fsp3) is 0.250. The molecule has 1 aromatic rings. The van der Waals surface area contributed by atoms with Gasteiger partial charge in [-0.25, -0.2) is 4.39 Å². The Hall–Kier alpha value is -1.69. The Morgan fingerprint density at radius 2 is 2.29 bits per heavy atom. The summed E-state index contributed by atoms with van der Waals surface area (Å²) < 4.78 is 17.6. The van der Waals surface area contributed by atoms with Gasteiger partial charge in [0.15, 0.2) is 5.75 Å². The van der Waals surface area contributed by atoms with Crippen LogP contribution in [0, 0.1) is 15.9 Å². The first kappa shape index (κ1) is 10.4. The molecular formula is C8H9FN2O3. The standard InChI is InChI=1S/C8H9FN2O3/c1-14-7-3-6(9)2-5(4-10)8(7)11(12)13/h2-3H,4,10H2,1H3. The molecule has 6 heteroatoms. The van der Waals surface area contributed by atoms with E-state index < -0.39 is 10.7 Å². The van der Waals surface area contributed by atoms with Gasteiger partial charge in [0, 0.05) is 12.6 Å². The van der Waals surface area contributed by atoms with Crippen molar-refractivity contribution in [3.05, 3.63) is 33.6 Å². The quantitative estimate of drug-likeness (QED) is 0.587. The molecule has 0 aliphatic carbocycles. The summed E-state index contributed by atoms with van der Waals surface area (Å²) in [5.74, 6) is -0.719. The van der Waals surface area contributed by atoms with Crippen LogP contribution >= 0.6 is 0 Å². The lowest BCUT2D eigenvalue weighted by Gasteiger charge is -2.05. The lowest BCUT2D eigenvalue weighted by atomic mass is 10.1. The second kappa shape index (κ2) is 4.01. The van der Waals surface area contributed by atoms with E-state index in [0.29, 0.717) is 0 Å². The third-order valence-corrected chi connectivity index (χ3v) is 1.74. The van der Waals surface area contributed by atoms with E-state index >= 15 is 0 Å². The van der Waals surface area contributed by atoms with E-state index in [-0.39, 0.29) is 23.5 Å². The Morgan fingerprint density at radius 1 is 1.64 bits per heavy atom. The average Bonchev–Trinajstić information content (AvgIpc) is 2.15. The second-order valence-electron chi connectivity index (χ2n) is 2.58. The molecule has 0 aliphatic rings. The number of ether oxygens (including phenoxy) is 1. The molecule has 5 nitrogen and oxygen atoms in total. The molecule has 2 N–H and O–H groups in total. The zero-order valence-corrected chi connectivity index (χ0v) is 7.49. The summed E-state index contributed by atoms with van der Waals surface area (Å²) >= 11 is 0. The fourth-order valence-electron chi connectivity index (χ4n) is 1.15. The van der Waals surface area contributed by atoms with Crippen LogP contribution in [0.3, 0.4) is 0 Å². The van der Waals surface area contributed by atoms with E-state index in [9.17, 15) is 14.5 Å². The normalized spacial score (nSPS) is 9.93. The molecule has 0 unspecified atom stereocenters. The number of nitrogens with zero attached hydrogens (tertiary/aromatic N) is 1. The van der Waals surface area contributed by atoms with Gasteiger partial charge in [0.25, 0.3) is 0 Å². The third-order valence-electron chi connectivity index (χ3n) is 1.74. The van der Waals surface area contributed by atoms with Crippen molar-refractivity contribution in [2.24, 2.45) is 5.73 Å². The second-order valence-corrected chi connectivity index (χ2v) is 2.58. The van der Waals surface area contributed by atoms with Crippen molar-refractivity contribution in [3.8, 4) is 5.75 Å². The number of methoxy groups -OCH3 is 1. The monoisotopic (exact) mass is 200 g/mol. The van der Waals surface area contributed by atoms with E-state index in [1.165, 1.54) is 7.11 Å². The van der Waals surface area contributed by atoms with Crippen LogP contribution < -0.4 is 10.5 Å².